The van der Waals surface area contributed by atoms with Crippen molar-refractivity contribution in [1.29, 1.82) is 5.26 Å². The standard InChI is InChI=1S/C15H19N7O3/c1-10-17-12(18-25-10)9-21-4-6-22(7-5-21)13-11(8-16)14(23)20(3)15(24)19(13)2/h4-7,9H2,1-3H3. The zero-order valence-corrected chi connectivity index (χ0v) is 14.4. The average molecular weight is 345 g/mol. The van der Waals surface area contributed by atoms with Crippen molar-refractivity contribution in [2.45, 2.75) is 13.5 Å². The van der Waals surface area contributed by atoms with Gasteiger partial charge in [-0.15, -0.1) is 0 Å². The van der Waals surface area contributed by atoms with Gasteiger partial charge >= 0.3 is 5.69 Å². The van der Waals surface area contributed by atoms with E-state index in [-0.39, 0.29) is 5.56 Å². The lowest BCUT2D eigenvalue weighted by Gasteiger charge is -2.36. The summed E-state index contributed by atoms with van der Waals surface area (Å²) >= 11 is 0. The van der Waals surface area contributed by atoms with E-state index in [1.54, 1.807) is 14.0 Å². The van der Waals surface area contributed by atoms with Gasteiger partial charge in [0.2, 0.25) is 5.89 Å². The quantitative estimate of drug-likeness (QED) is 0.694. The maximum atomic E-state index is 12.2. The molecule has 0 bridgehead atoms. The summed E-state index contributed by atoms with van der Waals surface area (Å²) in [7, 11) is 2.95. The summed E-state index contributed by atoms with van der Waals surface area (Å²) in [5.74, 6) is 1.54. The molecular weight excluding hydrogens is 326 g/mol. The first-order valence-electron chi connectivity index (χ1n) is 7.89. The van der Waals surface area contributed by atoms with Crippen LogP contribution in [0.15, 0.2) is 14.1 Å². The lowest BCUT2D eigenvalue weighted by atomic mass is 10.2. The van der Waals surface area contributed by atoms with Crippen LogP contribution in [0.3, 0.4) is 0 Å². The molecule has 1 fully saturated rings. The molecule has 0 atom stereocenters. The zero-order valence-electron chi connectivity index (χ0n) is 14.4. The fourth-order valence-electron chi connectivity index (χ4n) is 3.02. The van der Waals surface area contributed by atoms with E-state index in [0.717, 1.165) is 4.57 Å². The first kappa shape index (κ1) is 16.9. The van der Waals surface area contributed by atoms with E-state index in [9.17, 15) is 14.9 Å². The number of hydrogen-bond acceptors (Lipinski definition) is 8. The number of nitrogens with zero attached hydrogens (tertiary/aromatic N) is 7. The predicted octanol–water partition coefficient (Wildman–Crippen LogP) is -1.03. The molecule has 10 heteroatoms. The second kappa shape index (κ2) is 6.52. The molecule has 25 heavy (non-hydrogen) atoms. The molecule has 0 N–H and O–H groups in total. The summed E-state index contributed by atoms with van der Waals surface area (Å²) in [5.41, 5.74) is -1.01. The van der Waals surface area contributed by atoms with E-state index in [4.69, 9.17) is 4.52 Å². The number of aryl methyl sites for hydroxylation is 1. The summed E-state index contributed by atoms with van der Waals surface area (Å²) in [6.45, 7) is 4.89. The van der Waals surface area contributed by atoms with E-state index in [2.05, 4.69) is 15.0 Å². The van der Waals surface area contributed by atoms with Crippen molar-refractivity contribution in [1.82, 2.24) is 24.2 Å². The molecule has 3 rings (SSSR count). The van der Waals surface area contributed by atoms with E-state index in [1.807, 2.05) is 11.0 Å². The van der Waals surface area contributed by atoms with Gasteiger partial charge in [-0.3, -0.25) is 18.8 Å². The third-order valence-corrected chi connectivity index (χ3v) is 4.35. The fraction of sp³-hybridized carbons (Fsp3) is 0.533. The summed E-state index contributed by atoms with van der Waals surface area (Å²) in [4.78, 5) is 32.6. The Morgan fingerprint density at radius 1 is 1.16 bits per heavy atom. The average Bonchev–Trinajstić information content (AvgIpc) is 3.02. The van der Waals surface area contributed by atoms with Crippen molar-refractivity contribution in [3.05, 3.63) is 38.1 Å². The number of aromatic nitrogens is 4. The van der Waals surface area contributed by atoms with Crippen LogP contribution in [0.5, 0.6) is 0 Å². The van der Waals surface area contributed by atoms with Crippen LogP contribution in [0.1, 0.15) is 17.3 Å². The van der Waals surface area contributed by atoms with Crippen molar-refractivity contribution in [3.63, 3.8) is 0 Å². The van der Waals surface area contributed by atoms with Gasteiger partial charge in [0, 0.05) is 47.2 Å². The van der Waals surface area contributed by atoms with Gasteiger partial charge in [-0.05, 0) is 0 Å². The summed E-state index contributed by atoms with van der Waals surface area (Å²) < 4.78 is 7.29. The number of piperazine rings is 1. The zero-order chi connectivity index (χ0) is 18.1. The number of hydrogen-bond donors (Lipinski definition) is 0. The molecule has 0 aromatic carbocycles. The van der Waals surface area contributed by atoms with Crippen LogP contribution >= 0.6 is 0 Å². The van der Waals surface area contributed by atoms with Crippen LogP contribution in [0.25, 0.3) is 0 Å². The smallest absolute Gasteiger partial charge is 0.332 e. The van der Waals surface area contributed by atoms with Crippen molar-refractivity contribution in [3.8, 4) is 6.07 Å². The Hall–Kier alpha value is -2.93. The molecule has 10 nitrogen and oxygen atoms in total. The molecule has 0 amide bonds. The van der Waals surface area contributed by atoms with Crippen LogP contribution < -0.4 is 16.1 Å². The molecule has 3 heterocycles. The highest BCUT2D eigenvalue weighted by Gasteiger charge is 2.25. The Labute approximate surface area is 143 Å². The molecule has 0 unspecified atom stereocenters. The van der Waals surface area contributed by atoms with Gasteiger partial charge in [0.1, 0.15) is 11.9 Å². The third kappa shape index (κ3) is 3.06. The Balaban J connectivity index is 1.81. The van der Waals surface area contributed by atoms with Gasteiger partial charge in [0.05, 0.1) is 6.54 Å². The highest BCUT2D eigenvalue weighted by molar-refractivity contribution is 5.53. The fourth-order valence-corrected chi connectivity index (χ4v) is 3.02. The van der Waals surface area contributed by atoms with E-state index in [1.165, 1.54) is 11.6 Å². The van der Waals surface area contributed by atoms with Crippen LogP contribution in [0, 0.1) is 18.3 Å². The van der Waals surface area contributed by atoms with E-state index >= 15 is 0 Å². The minimum Gasteiger partial charge on any atom is -0.354 e. The van der Waals surface area contributed by atoms with Crippen molar-refractivity contribution in [2.24, 2.45) is 14.1 Å². The molecule has 1 aliphatic heterocycles. The molecule has 0 saturated carbocycles. The Morgan fingerprint density at radius 2 is 1.84 bits per heavy atom. The lowest BCUT2D eigenvalue weighted by Crippen LogP contribution is -2.50. The molecule has 132 valence electrons. The largest absolute Gasteiger partial charge is 0.354 e. The van der Waals surface area contributed by atoms with Gasteiger partial charge in [-0.2, -0.15) is 10.2 Å². The lowest BCUT2D eigenvalue weighted by molar-refractivity contribution is 0.238. The predicted molar refractivity (Wildman–Crippen MR) is 88.2 cm³/mol. The second-order valence-electron chi connectivity index (χ2n) is 6.01. The van der Waals surface area contributed by atoms with Crippen LogP contribution in [-0.2, 0) is 20.6 Å². The van der Waals surface area contributed by atoms with Gasteiger partial charge in [0.15, 0.2) is 11.4 Å². The maximum absolute atomic E-state index is 12.2. The van der Waals surface area contributed by atoms with Crippen molar-refractivity contribution >= 4 is 5.82 Å². The van der Waals surface area contributed by atoms with Crippen molar-refractivity contribution in [2.75, 3.05) is 31.1 Å². The Kier molecular flexibility index (Phi) is 4.41. The van der Waals surface area contributed by atoms with Crippen LogP contribution in [-0.4, -0.2) is 50.4 Å². The molecule has 0 radical (unpaired) electrons. The van der Waals surface area contributed by atoms with Gasteiger partial charge < -0.3 is 9.42 Å². The summed E-state index contributed by atoms with van der Waals surface area (Å²) in [6.07, 6.45) is 0. The van der Waals surface area contributed by atoms with E-state index < -0.39 is 11.2 Å². The Morgan fingerprint density at radius 3 is 2.40 bits per heavy atom. The van der Waals surface area contributed by atoms with Gasteiger partial charge in [-0.25, -0.2) is 4.79 Å². The van der Waals surface area contributed by atoms with Crippen LogP contribution in [0.2, 0.25) is 0 Å². The minimum absolute atomic E-state index is 0.00755. The third-order valence-electron chi connectivity index (χ3n) is 4.35. The number of nitriles is 1. The number of rotatable bonds is 3. The highest BCUT2D eigenvalue weighted by Crippen LogP contribution is 2.17. The molecule has 2 aromatic heterocycles. The first-order valence-corrected chi connectivity index (χ1v) is 7.89. The molecule has 1 saturated heterocycles. The molecular formula is C15H19N7O3. The number of anilines is 1. The normalized spacial score (nSPS) is 15.4. The topological polar surface area (TPSA) is 113 Å². The molecule has 0 spiro atoms. The minimum atomic E-state index is -0.565. The molecule has 0 aliphatic carbocycles. The Bertz CT molecular complexity index is 942. The second-order valence-corrected chi connectivity index (χ2v) is 6.01. The van der Waals surface area contributed by atoms with Gasteiger partial charge in [-0.1, -0.05) is 5.16 Å². The SMILES string of the molecule is Cc1nc(CN2CCN(c3c(C#N)c(=O)n(C)c(=O)n3C)CC2)no1. The monoisotopic (exact) mass is 345 g/mol. The van der Waals surface area contributed by atoms with Crippen LogP contribution in [0.4, 0.5) is 5.82 Å². The molecule has 2 aromatic rings. The summed E-state index contributed by atoms with van der Waals surface area (Å²) in [5, 5.41) is 13.3. The van der Waals surface area contributed by atoms with Gasteiger partial charge in [0.25, 0.3) is 5.56 Å². The summed E-state index contributed by atoms with van der Waals surface area (Å²) in [6, 6.07) is 1.94. The molecule has 1 aliphatic rings. The van der Waals surface area contributed by atoms with E-state index in [0.29, 0.717) is 50.3 Å². The first-order chi connectivity index (χ1) is 11.9. The highest BCUT2D eigenvalue weighted by atomic mass is 16.5. The maximum Gasteiger partial charge on any atom is 0.332 e. The van der Waals surface area contributed by atoms with Crippen molar-refractivity contribution < 1.29 is 4.52 Å².